The number of rotatable bonds is 2. The van der Waals surface area contributed by atoms with Gasteiger partial charge in [-0.15, -0.1) is 0 Å². The molecule has 1 N–H and O–H groups in total. The summed E-state index contributed by atoms with van der Waals surface area (Å²) in [5.41, 5.74) is 4.06. The van der Waals surface area contributed by atoms with Gasteiger partial charge in [0.25, 0.3) is 0 Å². The van der Waals surface area contributed by atoms with E-state index < -0.39 is 0 Å². The summed E-state index contributed by atoms with van der Waals surface area (Å²) in [7, 11) is 0. The molecule has 3 atom stereocenters. The van der Waals surface area contributed by atoms with E-state index in [9.17, 15) is 4.79 Å². The normalized spacial score (nSPS) is 24.8. The molecule has 0 radical (unpaired) electrons. The lowest BCUT2D eigenvalue weighted by atomic mass is 10.1. The molecule has 1 amide bonds. The van der Waals surface area contributed by atoms with Gasteiger partial charge in [0.05, 0.1) is 48.8 Å². The highest BCUT2D eigenvalue weighted by Gasteiger charge is 2.41. The lowest BCUT2D eigenvalue weighted by molar-refractivity contribution is -0.121. The smallest absolute Gasteiger partial charge is 0.226 e. The summed E-state index contributed by atoms with van der Waals surface area (Å²) < 4.78 is 8.04. The Morgan fingerprint density at radius 2 is 2.11 bits per heavy atom. The average Bonchev–Trinajstić information content (AvgIpc) is 3.35. The molecule has 1 aromatic carbocycles. The average molecular weight is 376 g/mol. The van der Waals surface area contributed by atoms with Crippen LogP contribution in [-0.4, -0.2) is 33.9 Å². The third-order valence-electron chi connectivity index (χ3n) is 5.77. The van der Waals surface area contributed by atoms with E-state index in [2.05, 4.69) is 17.3 Å². The van der Waals surface area contributed by atoms with Crippen molar-refractivity contribution in [1.29, 1.82) is 0 Å². The zero-order valence-corrected chi connectivity index (χ0v) is 16.0. The maximum Gasteiger partial charge on any atom is 0.226 e. The number of nitrogens with zero attached hydrogens (tertiary/aromatic N) is 3. The van der Waals surface area contributed by atoms with E-state index in [0.717, 1.165) is 40.8 Å². The molecule has 3 heterocycles. The van der Waals surface area contributed by atoms with Crippen LogP contribution in [0, 0.1) is 5.92 Å². The molecule has 3 aromatic rings. The van der Waals surface area contributed by atoms with Crippen LogP contribution in [0.15, 0.2) is 42.6 Å². The van der Waals surface area contributed by atoms with Gasteiger partial charge in [-0.2, -0.15) is 5.10 Å². The molecule has 2 aliphatic rings. The van der Waals surface area contributed by atoms with Gasteiger partial charge in [0.1, 0.15) is 0 Å². The van der Waals surface area contributed by atoms with Crippen LogP contribution in [0.4, 0.5) is 0 Å². The van der Waals surface area contributed by atoms with Gasteiger partial charge in [0.2, 0.25) is 5.91 Å². The number of aryl methyl sites for hydroxylation is 1. The number of carbonyl (C=O) groups is 1. The second kappa shape index (κ2) is 7.02. The third kappa shape index (κ3) is 3.18. The summed E-state index contributed by atoms with van der Waals surface area (Å²) in [6, 6.07) is 11.9. The van der Waals surface area contributed by atoms with Crippen molar-refractivity contribution >= 4 is 16.8 Å². The monoisotopic (exact) mass is 376 g/mol. The van der Waals surface area contributed by atoms with Crippen LogP contribution in [-0.2, 0) is 22.5 Å². The van der Waals surface area contributed by atoms with E-state index >= 15 is 0 Å². The lowest BCUT2D eigenvalue weighted by Gasteiger charge is -2.20. The van der Waals surface area contributed by atoms with Crippen LogP contribution in [0.3, 0.4) is 0 Å². The zero-order valence-electron chi connectivity index (χ0n) is 16.0. The number of fused-ring (bicyclic) bond motifs is 6. The first-order valence-electron chi connectivity index (χ1n) is 10.00. The van der Waals surface area contributed by atoms with Crippen LogP contribution < -0.4 is 5.32 Å². The molecule has 1 fully saturated rings. The SMILES string of the molecule is CCn1ncc2cc3nc(c21)[C@H]1C[C@H]1COC[C@H](c1ccccc1)NC(=O)C3. The quantitative estimate of drug-likeness (QED) is 0.747. The predicted molar refractivity (Wildman–Crippen MR) is 106 cm³/mol. The van der Waals surface area contributed by atoms with Crippen LogP contribution in [0.2, 0.25) is 0 Å². The van der Waals surface area contributed by atoms with E-state index in [0.29, 0.717) is 25.0 Å². The maximum atomic E-state index is 12.8. The maximum absolute atomic E-state index is 12.8. The van der Waals surface area contributed by atoms with Crippen LogP contribution in [0.1, 0.15) is 42.3 Å². The number of ether oxygens (including phenoxy) is 1. The first kappa shape index (κ1) is 17.4. The van der Waals surface area contributed by atoms with Gasteiger partial charge < -0.3 is 10.1 Å². The Morgan fingerprint density at radius 1 is 1.25 bits per heavy atom. The van der Waals surface area contributed by atoms with Crippen molar-refractivity contribution in [2.45, 2.75) is 38.3 Å². The van der Waals surface area contributed by atoms with Crippen LogP contribution in [0.25, 0.3) is 10.9 Å². The number of nitrogens with one attached hydrogen (secondary N) is 1. The highest BCUT2D eigenvalue weighted by atomic mass is 16.5. The first-order chi connectivity index (χ1) is 13.7. The molecule has 0 saturated heterocycles. The number of aromatic nitrogens is 3. The van der Waals surface area contributed by atoms with Crippen molar-refractivity contribution in [3.05, 3.63) is 59.5 Å². The van der Waals surface area contributed by atoms with Crippen LogP contribution in [0.5, 0.6) is 0 Å². The molecular weight excluding hydrogens is 352 g/mol. The zero-order chi connectivity index (χ0) is 19.1. The standard InChI is InChI=1S/C22H24N4O2/c1-2-26-22-15(11-23-26)8-17-10-20(27)25-19(14-6-4-3-5-7-14)13-28-12-16-9-18(16)21(22)24-17/h3-8,11,16,18-19H,2,9-10,12-13H2,1H3,(H,25,27)/t16-,18-,19+/m0/s1. The highest BCUT2D eigenvalue weighted by molar-refractivity contribution is 5.84. The predicted octanol–water partition coefficient (Wildman–Crippen LogP) is 2.98. The summed E-state index contributed by atoms with van der Waals surface area (Å²) >= 11 is 0. The van der Waals surface area contributed by atoms with Gasteiger partial charge in [0.15, 0.2) is 0 Å². The number of pyridine rings is 1. The molecule has 1 saturated carbocycles. The Kier molecular flexibility index (Phi) is 4.36. The topological polar surface area (TPSA) is 69.0 Å². The molecule has 6 nitrogen and oxygen atoms in total. The Balaban J connectivity index is 1.51. The van der Waals surface area contributed by atoms with Gasteiger partial charge in [-0.3, -0.25) is 14.5 Å². The summed E-state index contributed by atoms with van der Waals surface area (Å²) in [4.78, 5) is 17.7. The van der Waals surface area contributed by atoms with E-state index in [4.69, 9.17) is 9.72 Å². The van der Waals surface area contributed by atoms with Crippen molar-refractivity contribution in [1.82, 2.24) is 20.1 Å². The third-order valence-corrected chi connectivity index (χ3v) is 5.77. The van der Waals surface area contributed by atoms with E-state index in [1.54, 1.807) is 0 Å². The number of hydrogen-bond donors (Lipinski definition) is 1. The van der Waals surface area contributed by atoms with E-state index in [1.807, 2.05) is 47.3 Å². The highest BCUT2D eigenvalue weighted by Crippen LogP contribution is 2.49. The molecule has 28 heavy (non-hydrogen) atoms. The first-order valence-corrected chi connectivity index (χ1v) is 10.00. The van der Waals surface area contributed by atoms with Crippen molar-refractivity contribution in [2.24, 2.45) is 5.92 Å². The second-order valence-corrected chi connectivity index (χ2v) is 7.74. The molecule has 144 valence electrons. The van der Waals surface area contributed by atoms with Gasteiger partial charge >= 0.3 is 0 Å². The minimum Gasteiger partial charge on any atom is -0.379 e. The van der Waals surface area contributed by atoms with Gasteiger partial charge in [-0.25, -0.2) is 0 Å². The molecule has 6 heteroatoms. The lowest BCUT2D eigenvalue weighted by Crippen LogP contribution is -2.33. The van der Waals surface area contributed by atoms with Crippen molar-refractivity contribution in [3.8, 4) is 0 Å². The fraction of sp³-hybridized carbons (Fsp3) is 0.409. The molecule has 1 aliphatic heterocycles. The van der Waals surface area contributed by atoms with Gasteiger partial charge in [0, 0.05) is 17.8 Å². The van der Waals surface area contributed by atoms with Crippen molar-refractivity contribution in [3.63, 3.8) is 0 Å². The van der Waals surface area contributed by atoms with Crippen molar-refractivity contribution in [2.75, 3.05) is 13.2 Å². The molecule has 1 aliphatic carbocycles. The largest absolute Gasteiger partial charge is 0.379 e. The number of hydrogen-bond acceptors (Lipinski definition) is 4. The molecule has 0 spiro atoms. The van der Waals surface area contributed by atoms with Gasteiger partial charge in [-0.1, -0.05) is 30.3 Å². The molecule has 2 bridgehead atoms. The molecule has 2 aromatic heterocycles. The summed E-state index contributed by atoms with van der Waals surface area (Å²) in [6.07, 6.45) is 3.23. The molecule has 0 unspecified atom stereocenters. The number of carbonyl (C=O) groups excluding carboxylic acids is 1. The summed E-state index contributed by atoms with van der Waals surface area (Å²) in [6.45, 7) is 4.08. The Morgan fingerprint density at radius 3 is 2.93 bits per heavy atom. The minimum absolute atomic E-state index is 0.0361. The summed E-state index contributed by atoms with van der Waals surface area (Å²) in [5, 5.41) is 8.70. The number of amides is 1. The fourth-order valence-corrected chi connectivity index (χ4v) is 4.21. The summed E-state index contributed by atoms with van der Waals surface area (Å²) in [5.74, 6) is 0.839. The van der Waals surface area contributed by atoms with Crippen molar-refractivity contribution < 1.29 is 9.53 Å². The Hall–Kier alpha value is -2.73. The Labute approximate surface area is 163 Å². The Bertz CT molecular complexity index is 1010. The number of benzene rings is 1. The fourth-order valence-electron chi connectivity index (χ4n) is 4.21. The molecule has 5 rings (SSSR count). The second-order valence-electron chi connectivity index (χ2n) is 7.74. The van der Waals surface area contributed by atoms with Gasteiger partial charge in [-0.05, 0) is 30.9 Å². The van der Waals surface area contributed by atoms with E-state index in [-0.39, 0.29) is 18.4 Å². The van der Waals surface area contributed by atoms with E-state index in [1.165, 1.54) is 0 Å². The molecular formula is C22H24N4O2. The van der Waals surface area contributed by atoms with Crippen LogP contribution >= 0.6 is 0 Å². The minimum atomic E-state index is -0.142.